The Bertz CT molecular complexity index is 409. The first kappa shape index (κ1) is 19.9. The Balaban J connectivity index is 4.12. The molecule has 3 amide bonds. The maximum absolute atomic E-state index is 12.0. The summed E-state index contributed by atoms with van der Waals surface area (Å²) in [6.07, 6.45) is -0.0426. The van der Waals surface area contributed by atoms with Crippen molar-refractivity contribution in [1.29, 1.82) is 0 Å². The number of nitrogens with one attached hydrogen (secondary N) is 2. The van der Waals surface area contributed by atoms with Gasteiger partial charge in [-0.3, -0.25) is 19.2 Å². The van der Waals surface area contributed by atoms with E-state index in [0.717, 1.165) is 0 Å². The summed E-state index contributed by atoms with van der Waals surface area (Å²) in [6, 6.07) is 0. The quantitative estimate of drug-likeness (QED) is 0.474. The Hall–Kier alpha value is -2.12. The van der Waals surface area contributed by atoms with Crippen LogP contribution in [0.3, 0.4) is 0 Å². The van der Waals surface area contributed by atoms with E-state index in [4.69, 9.17) is 5.11 Å². The SMILES string of the molecule is CC(=O)NCCNC(=O)CCC(=O)N(CC(=O)O)CC(C)C. The Morgan fingerprint density at radius 2 is 1.64 bits per heavy atom. The van der Waals surface area contributed by atoms with E-state index in [0.29, 0.717) is 13.1 Å². The van der Waals surface area contributed by atoms with Gasteiger partial charge in [-0.05, 0) is 5.92 Å². The van der Waals surface area contributed by atoms with Gasteiger partial charge in [-0.2, -0.15) is 0 Å². The summed E-state index contributed by atoms with van der Waals surface area (Å²) in [4.78, 5) is 46.1. The highest BCUT2D eigenvalue weighted by molar-refractivity contribution is 5.85. The molecule has 0 aliphatic heterocycles. The third-order valence-electron chi connectivity index (χ3n) is 2.65. The van der Waals surface area contributed by atoms with Crippen molar-refractivity contribution >= 4 is 23.7 Å². The molecule has 0 bridgehead atoms. The number of carboxylic acids is 1. The molecule has 0 aromatic heterocycles. The van der Waals surface area contributed by atoms with E-state index in [1.165, 1.54) is 11.8 Å². The fraction of sp³-hybridized carbons (Fsp3) is 0.714. The van der Waals surface area contributed by atoms with Gasteiger partial charge >= 0.3 is 5.97 Å². The summed E-state index contributed by atoms with van der Waals surface area (Å²) < 4.78 is 0. The third-order valence-corrected chi connectivity index (χ3v) is 2.65. The van der Waals surface area contributed by atoms with Crippen molar-refractivity contribution in [2.24, 2.45) is 5.92 Å². The topological polar surface area (TPSA) is 116 Å². The molecule has 0 fully saturated rings. The van der Waals surface area contributed by atoms with Gasteiger partial charge in [-0.25, -0.2) is 0 Å². The summed E-state index contributed by atoms with van der Waals surface area (Å²) in [5.74, 6) is -1.77. The van der Waals surface area contributed by atoms with Crippen LogP contribution in [0.1, 0.15) is 33.6 Å². The molecule has 8 nitrogen and oxygen atoms in total. The number of carboxylic acid groups (broad SMARTS) is 1. The molecule has 0 radical (unpaired) electrons. The number of carbonyl (C=O) groups excluding carboxylic acids is 3. The van der Waals surface area contributed by atoms with Crippen LogP contribution in [0.4, 0.5) is 0 Å². The molecule has 0 saturated heterocycles. The van der Waals surface area contributed by atoms with Crippen LogP contribution in [-0.4, -0.2) is 59.9 Å². The minimum Gasteiger partial charge on any atom is -0.480 e. The van der Waals surface area contributed by atoms with E-state index in [2.05, 4.69) is 10.6 Å². The molecule has 0 aliphatic rings. The van der Waals surface area contributed by atoms with E-state index < -0.39 is 5.97 Å². The molecule has 0 saturated carbocycles. The second-order valence-electron chi connectivity index (χ2n) is 5.39. The number of amides is 3. The molecule has 0 aliphatic carbocycles. The zero-order valence-electron chi connectivity index (χ0n) is 13.3. The highest BCUT2D eigenvalue weighted by atomic mass is 16.4. The molecule has 0 atom stereocenters. The summed E-state index contributed by atoms with van der Waals surface area (Å²) in [7, 11) is 0. The zero-order valence-corrected chi connectivity index (χ0v) is 13.3. The van der Waals surface area contributed by atoms with Gasteiger partial charge in [0.15, 0.2) is 0 Å². The van der Waals surface area contributed by atoms with Crippen molar-refractivity contribution < 1.29 is 24.3 Å². The summed E-state index contributed by atoms with van der Waals surface area (Å²) in [5, 5.41) is 13.9. The van der Waals surface area contributed by atoms with E-state index >= 15 is 0 Å². The summed E-state index contributed by atoms with van der Waals surface area (Å²) >= 11 is 0. The Labute approximate surface area is 130 Å². The maximum atomic E-state index is 12.0. The first-order chi connectivity index (χ1) is 10.2. The molecule has 0 heterocycles. The number of nitrogens with zero attached hydrogens (tertiary/aromatic N) is 1. The van der Waals surface area contributed by atoms with Crippen LogP contribution in [0, 0.1) is 5.92 Å². The first-order valence-corrected chi connectivity index (χ1v) is 7.23. The first-order valence-electron chi connectivity index (χ1n) is 7.23. The van der Waals surface area contributed by atoms with Crippen LogP contribution in [0.2, 0.25) is 0 Å². The molecular weight excluding hydrogens is 290 g/mol. The van der Waals surface area contributed by atoms with Crippen LogP contribution < -0.4 is 10.6 Å². The monoisotopic (exact) mass is 315 g/mol. The van der Waals surface area contributed by atoms with Crippen LogP contribution in [-0.2, 0) is 19.2 Å². The molecule has 0 rings (SSSR count). The van der Waals surface area contributed by atoms with Crippen LogP contribution in [0.5, 0.6) is 0 Å². The van der Waals surface area contributed by atoms with E-state index in [-0.39, 0.29) is 49.6 Å². The van der Waals surface area contributed by atoms with Gasteiger partial charge in [0.1, 0.15) is 6.54 Å². The molecule has 0 aromatic rings. The smallest absolute Gasteiger partial charge is 0.323 e. The van der Waals surface area contributed by atoms with Crippen LogP contribution >= 0.6 is 0 Å². The molecular formula is C14H25N3O5. The predicted octanol–water partition coefficient (Wildman–Crippen LogP) is -0.412. The maximum Gasteiger partial charge on any atom is 0.323 e. The third kappa shape index (κ3) is 10.6. The zero-order chi connectivity index (χ0) is 17.1. The number of carbonyl (C=O) groups is 4. The lowest BCUT2D eigenvalue weighted by Gasteiger charge is -2.22. The predicted molar refractivity (Wildman–Crippen MR) is 80.0 cm³/mol. The number of hydrogen-bond donors (Lipinski definition) is 3. The lowest BCUT2D eigenvalue weighted by atomic mass is 10.2. The van der Waals surface area contributed by atoms with Gasteiger partial charge in [0.2, 0.25) is 17.7 Å². The van der Waals surface area contributed by atoms with Gasteiger partial charge in [0.05, 0.1) is 0 Å². The van der Waals surface area contributed by atoms with E-state index in [9.17, 15) is 19.2 Å². The summed E-state index contributed by atoms with van der Waals surface area (Å²) in [5.41, 5.74) is 0. The average molecular weight is 315 g/mol. The van der Waals surface area contributed by atoms with Crippen molar-refractivity contribution in [2.75, 3.05) is 26.2 Å². The molecule has 8 heteroatoms. The molecule has 0 spiro atoms. The number of hydrogen-bond acceptors (Lipinski definition) is 4. The second kappa shape index (κ2) is 10.6. The van der Waals surface area contributed by atoms with Gasteiger partial charge in [-0.1, -0.05) is 13.8 Å². The molecule has 3 N–H and O–H groups in total. The van der Waals surface area contributed by atoms with Crippen molar-refractivity contribution in [3.63, 3.8) is 0 Å². The second-order valence-corrected chi connectivity index (χ2v) is 5.39. The normalized spacial score (nSPS) is 10.2. The Morgan fingerprint density at radius 3 is 2.14 bits per heavy atom. The van der Waals surface area contributed by atoms with Crippen molar-refractivity contribution in [1.82, 2.24) is 15.5 Å². The van der Waals surface area contributed by atoms with Crippen LogP contribution in [0.15, 0.2) is 0 Å². The lowest BCUT2D eigenvalue weighted by molar-refractivity contribution is -0.145. The number of aliphatic carboxylic acids is 1. The van der Waals surface area contributed by atoms with E-state index in [1.807, 2.05) is 13.8 Å². The summed E-state index contributed by atoms with van der Waals surface area (Å²) in [6.45, 7) is 5.75. The van der Waals surface area contributed by atoms with Gasteiger partial charge < -0.3 is 20.6 Å². The Kier molecular flexibility index (Phi) is 9.56. The Morgan fingerprint density at radius 1 is 1.05 bits per heavy atom. The molecule has 22 heavy (non-hydrogen) atoms. The van der Waals surface area contributed by atoms with Crippen molar-refractivity contribution in [3.8, 4) is 0 Å². The van der Waals surface area contributed by atoms with Gasteiger partial charge in [0, 0.05) is 39.4 Å². The largest absolute Gasteiger partial charge is 0.480 e. The molecule has 0 unspecified atom stereocenters. The highest BCUT2D eigenvalue weighted by Crippen LogP contribution is 2.03. The fourth-order valence-electron chi connectivity index (χ4n) is 1.77. The molecule has 126 valence electrons. The minimum atomic E-state index is -1.08. The fourth-order valence-corrected chi connectivity index (χ4v) is 1.77. The van der Waals surface area contributed by atoms with Crippen molar-refractivity contribution in [2.45, 2.75) is 33.6 Å². The van der Waals surface area contributed by atoms with Crippen molar-refractivity contribution in [3.05, 3.63) is 0 Å². The van der Waals surface area contributed by atoms with Gasteiger partial charge in [-0.15, -0.1) is 0 Å². The van der Waals surface area contributed by atoms with Crippen LogP contribution in [0.25, 0.3) is 0 Å². The average Bonchev–Trinajstić information content (AvgIpc) is 2.39. The number of rotatable bonds is 10. The molecule has 0 aromatic carbocycles. The van der Waals surface area contributed by atoms with Gasteiger partial charge in [0.25, 0.3) is 0 Å². The minimum absolute atomic E-state index is 0.00683. The standard InChI is InChI=1S/C14H25N3O5/c1-10(2)8-17(9-14(21)22)13(20)5-4-12(19)16-7-6-15-11(3)18/h10H,4-9H2,1-3H3,(H,15,18)(H,16,19)(H,21,22). The highest BCUT2D eigenvalue weighted by Gasteiger charge is 2.18. The van der Waals surface area contributed by atoms with E-state index in [1.54, 1.807) is 0 Å². The lowest BCUT2D eigenvalue weighted by Crippen LogP contribution is -2.39.